The summed E-state index contributed by atoms with van der Waals surface area (Å²) in [6, 6.07) is 7.95. The second-order valence-electron chi connectivity index (χ2n) is 5.57. The van der Waals surface area contributed by atoms with E-state index in [-0.39, 0.29) is 11.7 Å². The van der Waals surface area contributed by atoms with Crippen LogP contribution in [0, 0.1) is 0 Å². The number of halogens is 4. The minimum Gasteiger partial charge on any atom is -0.325 e. The molecule has 2 heterocycles. The van der Waals surface area contributed by atoms with E-state index in [9.17, 15) is 18.0 Å². The Morgan fingerprint density at radius 2 is 2.04 bits per heavy atom. The van der Waals surface area contributed by atoms with Crippen LogP contribution in [0.25, 0.3) is 0 Å². The second-order valence-corrected chi connectivity index (χ2v) is 5.97. The average Bonchev–Trinajstić information content (AvgIpc) is 3.06. The molecule has 0 spiro atoms. The molecule has 3 N–H and O–H groups in total. The Bertz CT molecular complexity index is 770. The number of amides is 1. The Morgan fingerprint density at radius 1 is 1.24 bits per heavy atom. The molecule has 1 amide bonds. The lowest BCUT2D eigenvalue weighted by Crippen LogP contribution is -2.39. The van der Waals surface area contributed by atoms with Crippen LogP contribution in [0.3, 0.4) is 0 Å². The van der Waals surface area contributed by atoms with Crippen molar-refractivity contribution in [2.45, 2.75) is 24.7 Å². The molecule has 1 fully saturated rings. The van der Waals surface area contributed by atoms with Crippen molar-refractivity contribution in [2.24, 2.45) is 0 Å². The van der Waals surface area contributed by atoms with Gasteiger partial charge in [0.25, 0.3) is 0 Å². The van der Waals surface area contributed by atoms with Gasteiger partial charge in [-0.05, 0) is 36.8 Å². The van der Waals surface area contributed by atoms with Crippen molar-refractivity contribution in [2.75, 3.05) is 5.32 Å². The molecule has 2 unspecified atom stereocenters. The zero-order valence-corrected chi connectivity index (χ0v) is 13.5. The molecule has 9 heteroatoms. The van der Waals surface area contributed by atoms with Crippen molar-refractivity contribution in [1.29, 1.82) is 0 Å². The van der Waals surface area contributed by atoms with Gasteiger partial charge in [-0.2, -0.15) is 13.2 Å². The highest BCUT2D eigenvalue weighted by molar-refractivity contribution is 6.31. The molecule has 3 rings (SSSR count). The van der Waals surface area contributed by atoms with Gasteiger partial charge < -0.3 is 5.32 Å². The molecule has 1 aromatic heterocycles. The molecule has 132 valence electrons. The molecule has 1 saturated heterocycles. The Hall–Kier alpha value is -2.16. The summed E-state index contributed by atoms with van der Waals surface area (Å²) >= 11 is 5.57. The molecular weight excluding hydrogens is 357 g/mol. The first-order chi connectivity index (χ1) is 11.8. The van der Waals surface area contributed by atoms with E-state index in [1.165, 1.54) is 6.07 Å². The van der Waals surface area contributed by atoms with Crippen LogP contribution >= 0.6 is 11.6 Å². The third-order valence-corrected chi connectivity index (χ3v) is 4.13. The number of pyridine rings is 1. The van der Waals surface area contributed by atoms with Gasteiger partial charge in [0.1, 0.15) is 6.04 Å². The van der Waals surface area contributed by atoms with Crippen molar-refractivity contribution in [1.82, 2.24) is 15.8 Å². The number of hydrogen-bond donors (Lipinski definition) is 3. The predicted octanol–water partition coefficient (Wildman–Crippen LogP) is 3.30. The molecule has 1 aromatic carbocycles. The lowest BCUT2D eigenvalue weighted by molar-refractivity contribution is -0.137. The summed E-state index contributed by atoms with van der Waals surface area (Å²) in [6.45, 7) is 0. The van der Waals surface area contributed by atoms with Gasteiger partial charge in [-0.15, -0.1) is 0 Å². The van der Waals surface area contributed by atoms with Gasteiger partial charge in [-0.3, -0.25) is 9.78 Å². The van der Waals surface area contributed by atoms with E-state index >= 15 is 0 Å². The maximum atomic E-state index is 12.9. The quantitative estimate of drug-likeness (QED) is 0.775. The molecule has 0 aliphatic carbocycles. The fraction of sp³-hybridized carbons (Fsp3) is 0.250. The summed E-state index contributed by atoms with van der Waals surface area (Å²) in [5.41, 5.74) is 5.61. The second kappa shape index (κ2) is 6.99. The standard InChI is InChI=1S/C16H14ClF3N4O/c17-11-5-4-9(7-10(11)16(18,19)20)22-15(25)14-8-13(23-24-14)12-3-1-2-6-21-12/h1-7,13-14,23-24H,8H2,(H,22,25). The normalized spacial score (nSPS) is 20.5. The third-order valence-electron chi connectivity index (χ3n) is 3.80. The van der Waals surface area contributed by atoms with Gasteiger partial charge in [0.15, 0.2) is 0 Å². The first kappa shape index (κ1) is 17.7. The smallest absolute Gasteiger partial charge is 0.325 e. The summed E-state index contributed by atoms with van der Waals surface area (Å²) in [5, 5.41) is 2.06. The van der Waals surface area contributed by atoms with Crippen LogP contribution in [0.4, 0.5) is 18.9 Å². The van der Waals surface area contributed by atoms with Crippen LogP contribution in [0.1, 0.15) is 23.7 Å². The van der Waals surface area contributed by atoms with E-state index < -0.39 is 28.7 Å². The minimum atomic E-state index is -4.59. The lowest BCUT2D eigenvalue weighted by atomic mass is 10.1. The summed E-state index contributed by atoms with van der Waals surface area (Å²) in [7, 11) is 0. The molecule has 1 aliphatic heterocycles. The monoisotopic (exact) mass is 370 g/mol. The minimum absolute atomic E-state index is 0.0322. The van der Waals surface area contributed by atoms with Crippen LogP contribution < -0.4 is 16.2 Å². The number of nitrogens with one attached hydrogen (secondary N) is 3. The summed E-state index contributed by atoms with van der Waals surface area (Å²) < 4.78 is 38.6. The topological polar surface area (TPSA) is 66.0 Å². The zero-order chi connectivity index (χ0) is 18.0. The number of carbonyl (C=O) groups is 1. The highest BCUT2D eigenvalue weighted by Gasteiger charge is 2.34. The number of benzene rings is 1. The first-order valence-electron chi connectivity index (χ1n) is 7.44. The number of hydrogen-bond acceptors (Lipinski definition) is 4. The van der Waals surface area contributed by atoms with Crippen molar-refractivity contribution >= 4 is 23.2 Å². The zero-order valence-electron chi connectivity index (χ0n) is 12.8. The fourth-order valence-electron chi connectivity index (χ4n) is 2.55. The third kappa shape index (κ3) is 4.09. The molecule has 2 atom stereocenters. The first-order valence-corrected chi connectivity index (χ1v) is 7.82. The highest BCUT2D eigenvalue weighted by Crippen LogP contribution is 2.36. The van der Waals surface area contributed by atoms with Gasteiger partial charge in [0.2, 0.25) is 5.91 Å². The maximum Gasteiger partial charge on any atom is 0.417 e. The van der Waals surface area contributed by atoms with E-state index in [1.807, 2.05) is 12.1 Å². The molecule has 0 saturated carbocycles. The Kier molecular flexibility index (Phi) is 4.94. The molecule has 0 radical (unpaired) electrons. The lowest BCUT2D eigenvalue weighted by Gasteiger charge is -2.14. The maximum absolute atomic E-state index is 12.9. The average molecular weight is 371 g/mol. The van der Waals surface area contributed by atoms with Gasteiger partial charge in [-0.25, -0.2) is 10.9 Å². The van der Waals surface area contributed by atoms with E-state index in [2.05, 4.69) is 21.2 Å². The molecule has 25 heavy (non-hydrogen) atoms. The number of alkyl halides is 3. The van der Waals surface area contributed by atoms with Crippen LogP contribution in [0.5, 0.6) is 0 Å². The van der Waals surface area contributed by atoms with E-state index in [0.717, 1.165) is 17.8 Å². The number of hydrazine groups is 1. The summed E-state index contributed by atoms with van der Waals surface area (Å²) in [5.74, 6) is -0.443. The Labute approximate surface area is 146 Å². The van der Waals surface area contributed by atoms with Crippen molar-refractivity contribution in [3.05, 3.63) is 58.9 Å². The Balaban J connectivity index is 1.67. The van der Waals surface area contributed by atoms with E-state index in [0.29, 0.717) is 6.42 Å². The summed E-state index contributed by atoms with van der Waals surface area (Å²) in [6.07, 6.45) is -2.52. The van der Waals surface area contributed by atoms with Gasteiger partial charge in [-0.1, -0.05) is 17.7 Å². The van der Waals surface area contributed by atoms with Gasteiger partial charge in [0, 0.05) is 11.9 Å². The van der Waals surface area contributed by atoms with Crippen LogP contribution in [0.2, 0.25) is 5.02 Å². The number of rotatable bonds is 3. The molecule has 5 nitrogen and oxygen atoms in total. The molecule has 2 aromatic rings. The van der Waals surface area contributed by atoms with Gasteiger partial charge in [0.05, 0.1) is 22.3 Å². The van der Waals surface area contributed by atoms with Gasteiger partial charge >= 0.3 is 6.18 Å². The van der Waals surface area contributed by atoms with Crippen LogP contribution in [-0.4, -0.2) is 16.9 Å². The number of anilines is 1. The molecule has 1 aliphatic rings. The number of nitrogens with zero attached hydrogens (tertiary/aromatic N) is 1. The predicted molar refractivity (Wildman–Crippen MR) is 86.7 cm³/mol. The number of aromatic nitrogens is 1. The van der Waals surface area contributed by atoms with E-state index in [1.54, 1.807) is 12.3 Å². The SMILES string of the molecule is O=C(Nc1ccc(Cl)c(C(F)(F)F)c1)C1CC(c2ccccn2)NN1. The molecule has 0 bridgehead atoms. The van der Waals surface area contributed by atoms with E-state index in [4.69, 9.17) is 11.6 Å². The highest BCUT2D eigenvalue weighted by atomic mass is 35.5. The van der Waals surface area contributed by atoms with Crippen molar-refractivity contribution in [3.63, 3.8) is 0 Å². The van der Waals surface area contributed by atoms with Crippen LogP contribution in [-0.2, 0) is 11.0 Å². The molecular formula is C16H14ClF3N4O. The Morgan fingerprint density at radius 3 is 2.72 bits per heavy atom. The summed E-state index contributed by atoms with van der Waals surface area (Å²) in [4.78, 5) is 16.5. The fourth-order valence-corrected chi connectivity index (χ4v) is 2.78. The number of carbonyl (C=O) groups excluding carboxylic acids is 1. The van der Waals surface area contributed by atoms with Crippen LogP contribution in [0.15, 0.2) is 42.6 Å². The largest absolute Gasteiger partial charge is 0.417 e. The van der Waals surface area contributed by atoms with Crippen molar-refractivity contribution < 1.29 is 18.0 Å². The van der Waals surface area contributed by atoms with Crippen molar-refractivity contribution in [3.8, 4) is 0 Å².